The molecule has 2 aromatic carbocycles. The summed E-state index contributed by atoms with van der Waals surface area (Å²) in [7, 11) is 0. The topological polar surface area (TPSA) is 88.1 Å². The standard InChI is InChI=1S/C21H19ClFN3O4S/c1-2-30-19(28)12-26-18(27)11-17(20(29)24-16-5-3-4-13(22)10-16)31-21(26)25-15-8-6-14(23)7-9-15/h3-10,17H,2,11-12H2,1H3,(H,24,29)/t17-/m0/s1. The van der Waals surface area contributed by atoms with Crippen molar-refractivity contribution < 1.29 is 23.5 Å². The molecular weight excluding hydrogens is 445 g/mol. The van der Waals surface area contributed by atoms with Crippen LogP contribution >= 0.6 is 23.4 Å². The fraction of sp³-hybridized carbons (Fsp3) is 0.238. The van der Waals surface area contributed by atoms with E-state index >= 15 is 0 Å². The maximum atomic E-state index is 13.2. The number of ether oxygens (including phenoxy) is 1. The molecule has 1 fully saturated rings. The normalized spacial score (nSPS) is 17.5. The van der Waals surface area contributed by atoms with Crippen molar-refractivity contribution in [3.8, 4) is 0 Å². The number of halogens is 2. The fourth-order valence-corrected chi connectivity index (χ4v) is 4.04. The van der Waals surface area contributed by atoms with Crippen molar-refractivity contribution in [3.05, 3.63) is 59.4 Å². The Bertz CT molecular complexity index is 1020. The summed E-state index contributed by atoms with van der Waals surface area (Å²) in [5.41, 5.74) is 0.873. The van der Waals surface area contributed by atoms with E-state index in [1.54, 1.807) is 31.2 Å². The first kappa shape index (κ1) is 22.8. The number of carbonyl (C=O) groups excluding carboxylic acids is 3. The van der Waals surface area contributed by atoms with Gasteiger partial charge in [-0.3, -0.25) is 19.3 Å². The number of nitrogens with zero attached hydrogens (tertiary/aromatic N) is 2. The van der Waals surface area contributed by atoms with E-state index in [9.17, 15) is 18.8 Å². The largest absolute Gasteiger partial charge is 0.465 e. The van der Waals surface area contributed by atoms with Crippen LogP contribution in [-0.4, -0.2) is 46.3 Å². The van der Waals surface area contributed by atoms with Gasteiger partial charge in [-0.2, -0.15) is 0 Å². The lowest BCUT2D eigenvalue weighted by Crippen LogP contribution is -2.47. The van der Waals surface area contributed by atoms with E-state index in [2.05, 4.69) is 10.3 Å². The van der Waals surface area contributed by atoms with Gasteiger partial charge >= 0.3 is 5.97 Å². The second-order valence-electron chi connectivity index (χ2n) is 6.47. The summed E-state index contributed by atoms with van der Waals surface area (Å²) >= 11 is 6.99. The van der Waals surface area contributed by atoms with E-state index < -0.39 is 28.9 Å². The van der Waals surface area contributed by atoms with E-state index in [0.717, 1.165) is 11.8 Å². The molecule has 1 N–H and O–H groups in total. The van der Waals surface area contributed by atoms with Gasteiger partial charge in [0.05, 0.1) is 12.3 Å². The highest BCUT2D eigenvalue weighted by atomic mass is 35.5. The summed E-state index contributed by atoms with van der Waals surface area (Å²) < 4.78 is 18.2. The van der Waals surface area contributed by atoms with Gasteiger partial charge in [0.25, 0.3) is 0 Å². The van der Waals surface area contributed by atoms with E-state index in [0.29, 0.717) is 16.4 Å². The minimum atomic E-state index is -0.774. The first-order valence-electron chi connectivity index (χ1n) is 9.39. The number of hydrogen-bond donors (Lipinski definition) is 1. The predicted molar refractivity (Wildman–Crippen MR) is 118 cm³/mol. The van der Waals surface area contributed by atoms with Gasteiger partial charge in [0.2, 0.25) is 11.8 Å². The molecule has 31 heavy (non-hydrogen) atoms. The number of hydrogen-bond acceptors (Lipinski definition) is 6. The number of amides is 2. The van der Waals surface area contributed by atoms with E-state index in [-0.39, 0.29) is 24.7 Å². The summed E-state index contributed by atoms with van der Waals surface area (Å²) in [5, 5.41) is 2.57. The lowest BCUT2D eigenvalue weighted by molar-refractivity contribution is -0.146. The van der Waals surface area contributed by atoms with Gasteiger partial charge in [0.1, 0.15) is 17.6 Å². The molecule has 0 unspecified atom stereocenters. The van der Waals surface area contributed by atoms with E-state index in [4.69, 9.17) is 16.3 Å². The molecule has 2 aromatic rings. The Labute approximate surface area is 187 Å². The Morgan fingerprint density at radius 1 is 1.29 bits per heavy atom. The summed E-state index contributed by atoms with van der Waals surface area (Å²) in [6.45, 7) is 1.50. The van der Waals surface area contributed by atoms with Crippen molar-refractivity contribution in [1.29, 1.82) is 0 Å². The third-order valence-corrected chi connectivity index (χ3v) is 5.59. The Morgan fingerprint density at radius 3 is 2.71 bits per heavy atom. The van der Waals surface area contributed by atoms with Gasteiger partial charge in [-0.05, 0) is 49.4 Å². The Hall–Kier alpha value is -2.91. The average molecular weight is 464 g/mol. The van der Waals surface area contributed by atoms with Crippen molar-refractivity contribution in [2.75, 3.05) is 18.5 Å². The number of amidine groups is 1. The average Bonchev–Trinajstić information content (AvgIpc) is 2.72. The molecule has 162 valence electrons. The quantitative estimate of drug-likeness (QED) is 0.654. The molecule has 0 saturated carbocycles. The summed E-state index contributed by atoms with van der Waals surface area (Å²) in [6, 6.07) is 12.0. The summed E-state index contributed by atoms with van der Waals surface area (Å²) in [6.07, 6.45) is -0.126. The number of anilines is 1. The smallest absolute Gasteiger partial charge is 0.326 e. The van der Waals surface area contributed by atoms with Crippen molar-refractivity contribution in [3.63, 3.8) is 0 Å². The molecule has 1 aliphatic heterocycles. The number of esters is 1. The molecule has 1 aliphatic rings. The van der Waals surface area contributed by atoms with Gasteiger partial charge in [-0.15, -0.1) is 0 Å². The van der Waals surface area contributed by atoms with Gasteiger partial charge in [-0.1, -0.05) is 29.4 Å². The molecule has 7 nitrogen and oxygen atoms in total. The third kappa shape index (κ3) is 6.28. The number of thioether (sulfide) groups is 1. The van der Waals surface area contributed by atoms with Crippen LogP contribution in [0, 0.1) is 5.82 Å². The highest BCUT2D eigenvalue weighted by molar-refractivity contribution is 8.15. The number of aliphatic imine (C=N–C) groups is 1. The highest BCUT2D eigenvalue weighted by Gasteiger charge is 2.37. The Morgan fingerprint density at radius 2 is 2.03 bits per heavy atom. The van der Waals surface area contributed by atoms with Crippen molar-refractivity contribution in [1.82, 2.24) is 4.90 Å². The summed E-state index contributed by atoms with van der Waals surface area (Å²) in [4.78, 5) is 43.0. The molecule has 0 aromatic heterocycles. The highest BCUT2D eigenvalue weighted by Crippen LogP contribution is 2.30. The maximum absolute atomic E-state index is 13.2. The van der Waals surface area contributed by atoms with Crippen LogP contribution in [0.3, 0.4) is 0 Å². The molecule has 1 atom stereocenters. The predicted octanol–water partition coefficient (Wildman–Crippen LogP) is 4.00. The van der Waals surface area contributed by atoms with Crippen LogP contribution in [0.15, 0.2) is 53.5 Å². The molecule has 3 rings (SSSR count). The second kappa shape index (κ2) is 10.4. The second-order valence-corrected chi connectivity index (χ2v) is 8.07. The van der Waals surface area contributed by atoms with Crippen LogP contribution in [-0.2, 0) is 19.1 Å². The zero-order valence-electron chi connectivity index (χ0n) is 16.5. The number of benzene rings is 2. The molecule has 1 saturated heterocycles. The van der Waals surface area contributed by atoms with Crippen LogP contribution in [0.5, 0.6) is 0 Å². The molecule has 2 amide bonds. The zero-order chi connectivity index (χ0) is 22.4. The fourth-order valence-electron chi connectivity index (χ4n) is 2.75. The molecular formula is C21H19ClFN3O4S. The van der Waals surface area contributed by atoms with Crippen LogP contribution in [0.4, 0.5) is 15.8 Å². The van der Waals surface area contributed by atoms with Gasteiger partial charge in [0, 0.05) is 17.1 Å². The van der Waals surface area contributed by atoms with Crippen LogP contribution in [0.25, 0.3) is 0 Å². The maximum Gasteiger partial charge on any atom is 0.326 e. The number of rotatable bonds is 6. The van der Waals surface area contributed by atoms with Crippen molar-refractivity contribution in [2.45, 2.75) is 18.6 Å². The first-order valence-corrected chi connectivity index (χ1v) is 10.6. The van der Waals surface area contributed by atoms with Gasteiger partial charge in [0.15, 0.2) is 5.17 Å². The Balaban J connectivity index is 1.84. The van der Waals surface area contributed by atoms with Crippen molar-refractivity contribution >= 4 is 57.7 Å². The molecule has 10 heteroatoms. The van der Waals surface area contributed by atoms with Crippen LogP contribution < -0.4 is 5.32 Å². The Kier molecular flexibility index (Phi) is 7.64. The van der Waals surface area contributed by atoms with E-state index in [1.165, 1.54) is 29.2 Å². The SMILES string of the molecule is CCOC(=O)CN1C(=O)C[C@@H](C(=O)Nc2cccc(Cl)c2)SC1=Nc1ccc(F)cc1. The lowest BCUT2D eigenvalue weighted by Gasteiger charge is -2.31. The summed E-state index contributed by atoms with van der Waals surface area (Å²) in [5.74, 6) is -1.87. The van der Waals surface area contributed by atoms with Crippen LogP contribution in [0.1, 0.15) is 13.3 Å². The molecule has 0 spiro atoms. The molecule has 0 aliphatic carbocycles. The van der Waals surface area contributed by atoms with Gasteiger partial charge in [-0.25, -0.2) is 9.38 Å². The third-order valence-electron chi connectivity index (χ3n) is 4.17. The minimum absolute atomic E-state index is 0.126. The first-order chi connectivity index (χ1) is 14.9. The van der Waals surface area contributed by atoms with Crippen LogP contribution in [0.2, 0.25) is 5.02 Å². The molecule has 1 heterocycles. The van der Waals surface area contributed by atoms with E-state index in [1.807, 2.05) is 0 Å². The number of carbonyl (C=O) groups is 3. The van der Waals surface area contributed by atoms with Gasteiger partial charge < -0.3 is 10.1 Å². The molecule has 0 radical (unpaired) electrons. The monoisotopic (exact) mass is 463 g/mol. The minimum Gasteiger partial charge on any atom is -0.465 e. The zero-order valence-corrected chi connectivity index (χ0v) is 18.1. The molecule has 0 bridgehead atoms. The lowest BCUT2D eigenvalue weighted by atomic mass is 10.2. The number of nitrogens with one attached hydrogen (secondary N) is 1. The van der Waals surface area contributed by atoms with Crippen molar-refractivity contribution in [2.24, 2.45) is 4.99 Å².